The maximum Gasteiger partial charge on any atom is 0.246 e. The molecule has 0 saturated carbocycles. The van der Waals surface area contributed by atoms with Crippen molar-refractivity contribution in [3.8, 4) is 0 Å². The molecule has 0 aromatic heterocycles. The second-order valence-electron chi connectivity index (χ2n) is 3.73. The number of rotatable bonds is 5. The smallest absolute Gasteiger partial charge is 0.246 e. The number of hydrogen-bond donors (Lipinski definition) is 1. The lowest BCUT2D eigenvalue weighted by Gasteiger charge is -2.32. The highest BCUT2D eigenvalue weighted by Gasteiger charge is 2.17. The summed E-state index contributed by atoms with van der Waals surface area (Å²) in [5.74, 6) is -0.0578. The lowest BCUT2D eigenvalue weighted by Crippen LogP contribution is -2.47. The second kappa shape index (κ2) is 6.76. The van der Waals surface area contributed by atoms with Gasteiger partial charge in [-0.2, -0.15) is 0 Å². The molecule has 5 nitrogen and oxygen atoms in total. The van der Waals surface area contributed by atoms with Crippen molar-refractivity contribution in [1.29, 1.82) is 0 Å². The van der Waals surface area contributed by atoms with Gasteiger partial charge in [0.25, 0.3) is 0 Å². The molecule has 1 aliphatic rings. The summed E-state index contributed by atoms with van der Waals surface area (Å²) in [6.07, 6.45) is 0. The number of hydrogen-bond acceptors (Lipinski definition) is 4. The van der Waals surface area contributed by atoms with Crippen molar-refractivity contribution in [2.24, 2.45) is 0 Å². The largest absolute Gasteiger partial charge is 0.379 e. The first-order valence-electron chi connectivity index (χ1n) is 5.31. The highest BCUT2D eigenvalue weighted by atomic mass is 16.5. The maximum atomic E-state index is 11.2. The zero-order valence-corrected chi connectivity index (χ0v) is 9.49. The Morgan fingerprint density at radius 1 is 1.53 bits per heavy atom. The van der Waals surface area contributed by atoms with Gasteiger partial charge in [-0.05, 0) is 6.92 Å². The topological polar surface area (TPSA) is 50.8 Å². The van der Waals surface area contributed by atoms with Gasteiger partial charge in [0.1, 0.15) is 6.61 Å². The summed E-state index contributed by atoms with van der Waals surface area (Å²) in [6.45, 7) is 6.38. The molecule has 5 heteroatoms. The third-order valence-electron chi connectivity index (χ3n) is 2.54. The van der Waals surface area contributed by atoms with Crippen molar-refractivity contribution in [3.63, 3.8) is 0 Å². The van der Waals surface area contributed by atoms with Gasteiger partial charge in [0.2, 0.25) is 5.91 Å². The Bertz CT molecular complexity index is 193. The highest BCUT2D eigenvalue weighted by Crippen LogP contribution is 2.02. The van der Waals surface area contributed by atoms with Crippen molar-refractivity contribution < 1.29 is 14.3 Å². The molecule has 0 aromatic carbocycles. The van der Waals surface area contributed by atoms with Crippen molar-refractivity contribution in [2.75, 3.05) is 46.6 Å². The van der Waals surface area contributed by atoms with Gasteiger partial charge in [0.05, 0.1) is 13.2 Å². The van der Waals surface area contributed by atoms with Gasteiger partial charge in [0.15, 0.2) is 0 Å². The molecule has 1 atom stereocenters. The molecule has 1 saturated heterocycles. The molecular weight excluding hydrogens is 196 g/mol. The molecule has 88 valence electrons. The molecule has 0 radical (unpaired) electrons. The summed E-state index contributed by atoms with van der Waals surface area (Å²) in [6, 6.07) is 0.356. The van der Waals surface area contributed by atoms with E-state index in [-0.39, 0.29) is 12.5 Å². The van der Waals surface area contributed by atoms with Crippen LogP contribution in [-0.4, -0.2) is 63.4 Å². The fourth-order valence-electron chi connectivity index (χ4n) is 1.59. The van der Waals surface area contributed by atoms with Crippen molar-refractivity contribution in [3.05, 3.63) is 0 Å². The van der Waals surface area contributed by atoms with Crippen LogP contribution in [0.25, 0.3) is 0 Å². The van der Waals surface area contributed by atoms with Crippen LogP contribution in [0.15, 0.2) is 0 Å². The summed E-state index contributed by atoms with van der Waals surface area (Å²) in [5, 5.41) is 2.83. The van der Waals surface area contributed by atoms with E-state index < -0.39 is 0 Å². The number of amides is 1. The Morgan fingerprint density at radius 3 is 2.80 bits per heavy atom. The van der Waals surface area contributed by atoms with Crippen LogP contribution < -0.4 is 5.32 Å². The third-order valence-corrected chi connectivity index (χ3v) is 2.54. The zero-order valence-electron chi connectivity index (χ0n) is 9.49. The minimum Gasteiger partial charge on any atom is -0.379 e. The average molecular weight is 216 g/mol. The van der Waals surface area contributed by atoms with Crippen LogP contribution in [0.3, 0.4) is 0 Å². The molecule has 0 aromatic rings. The number of ether oxygens (including phenoxy) is 2. The van der Waals surface area contributed by atoms with Gasteiger partial charge < -0.3 is 14.8 Å². The SMILES string of the molecule is COCC(=O)NC[C@@H](C)N1CCOCC1. The normalized spacial score (nSPS) is 19.9. The number of morpholine rings is 1. The molecule has 1 fully saturated rings. The van der Waals surface area contributed by atoms with Crippen molar-refractivity contribution in [1.82, 2.24) is 10.2 Å². The summed E-state index contributed by atoms with van der Waals surface area (Å²) in [5.41, 5.74) is 0. The second-order valence-corrected chi connectivity index (χ2v) is 3.73. The van der Waals surface area contributed by atoms with Gasteiger partial charge in [-0.15, -0.1) is 0 Å². The number of carbonyl (C=O) groups is 1. The molecule has 1 N–H and O–H groups in total. The van der Waals surface area contributed by atoms with E-state index in [9.17, 15) is 4.79 Å². The van der Waals surface area contributed by atoms with E-state index in [0.29, 0.717) is 12.6 Å². The van der Waals surface area contributed by atoms with Gasteiger partial charge in [0, 0.05) is 32.8 Å². The first kappa shape index (κ1) is 12.4. The van der Waals surface area contributed by atoms with E-state index in [1.54, 1.807) is 0 Å². The van der Waals surface area contributed by atoms with Crippen LogP contribution in [0.4, 0.5) is 0 Å². The van der Waals surface area contributed by atoms with Crippen LogP contribution >= 0.6 is 0 Å². The minimum atomic E-state index is -0.0578. The van der Waals surface area contributed by atoms with Crippen molar-refractivity contribution in [2.45, 2.75) is 13.0 Å². The predicted molar refractivity (Wildman–Crippen MR) is 56.7 cm³/mol. The van der Waals surface area contributed by atoms with Gasteiger partial charge in [-0.1, -0.05) is 0 Å². The van der Waals surface area contributed by atoms with E-state index in [2.05, 4.69) is 17.1 Å². The molecule has 1 aliphatic heterocycles. The number of methoxy groups -OCH3 is 1. The molecule has 0 aliphatic carbocycles. The molecular formula is C10H20N2O3. The molecule has 0 unspecified atom stereocenters. The zero-order chi connectivity index (χ0) is 11.1. The molecule has 15 heavy (non-hydrogen) atoms. The predicted octanol–water partition coefficient (Wildman–Crippen LogP) is -0.530. The third kappa shape index (κ3) is 4.59. The summed E-state index contributed by atoms with van der Waals surface area (Å²) in [4.78, 5) is 13.5. The number of nitrogens with zero attached hydrogens (tertiary/aromatic N) is 1. The Morgan fingerprint density at radius 2 is 2.20 bits per heavy atom. The van der Waals surface area contributed by atoms with Crippen LogP contribution in [0.2, 0.25) is 0 Å². The molecule has 1 amide bonds. The Hall–Kier alpha value is -0.650. The molecule has 1 heterocycles. The van der Waals surface area contributed by atoms with Crippen LogP contribution in [0.1, 0.15) is 6.92 Å². The summed E-state index contributed by atoms with van der Waals surface area (Å²) in [7, 11) is 1.52. The fraction of sp³-hybridized carbons (Fsp3) is 0.900. The van der Waals surface area contributed by atoms with Crippen LogP contribution in [-0.2, 0) is 14.3 Å². The maximum absolute atomic E-state index is 11.2. The molecule has 1 rings (SSSR count). The van der Waals surface area contributed by atoms with Crippen LogP contribution in [0.5, 0.6) is 0 Å². The quantitative estimate of drug-likeness (QED) is 0.671. The first-order valence-corrected chi connectivity index (χ1v) is 5.31. The number of carbonyl (C=O) groups excluding carboxylic acids is 1. The first-order chi connectivity index (χ1) is 7.24. The fourth-order valence-corrected chi connectivity index (χ4v) is 1.59. The van der Waals surface area contributed by atoms with Gasteiger partial charge in [-0.25, -0.2) is 0 Å². The van der Waals surface area contributed by atoms with E-state index in [0.717, 1.165) is 26.3 Å². The standard InChI is InChI=1S/C10H20N2O3/c1-9(7-11-10(13)8-14-2)12-3-5-15-6-4-12/h9H,3-8H2,1-2H3,(H,11,13)/t9-/m1/s1. The average Bonchev–Trinajstić information content (AvgIpc) is 2.27. The number of nitrogens with one attached hydrogen (secondary N) is 1. The van der Waals surface area contributed by atoms with E-state index in [1.165, 1.54) is 7.11 Å². The highest BCUT2D eigenvalue weighted by molar-refractivity contribution is 5.77. The summed E-state index contributed by atoms with van der Waals surface area (Å²) >= 11 is 0. The Kier molecular flexibility index (Phi) is 5.60. The lowest BCUT2D eigenvalue weighted by atomic mass is 10.2. The molecule has 0 spiro atoms. The lowest BCUT2D eigenvalue weighted by molar-refractivity contribution is -0.125. The van der Waals surface area contributed by atoms with Gasteiger partial charge >= 0.3 is 0 Å². The van der Waals surface area contributed by atoms with E-state index in [4.69, 9.17) is 9.47 Å². The Balaban J connectivity index is 2.16. The van der Waals surface area contributed by atoms with E-state index >= 15 is 0 Å². The summed E-state index contributed by atoms with van der Waals surface area (Å²) < 4.78 is 10.0. The minimum absolute atomic E-state index is 0.0578. The van der Waals surface area contributed by atoms with E-state index in [1.807, 2.05) is 0 Å². The molecule has 0 bridgehead atoms. The van der Waals surface area contributed by atoms with Crippen molar-refractivity contribution >= 4 is 5.91 Å². The Labute approximate surface area is 90.7 Å². The van der Waals surface area contributed by atoms with Gasteiger partial charge in [-0.3, -0.25) is 9.69 Å². The monoisotopic (exact) mass is 216 g/mol. The van der Waals surface area contributed by atoms with Crippen LogP contribution in [0, 0.1) is 0 Å².